The molecule has 0 spiro atoms. The van der Waals surface area contributed by atoms with Gasteiger partial charge in [-0.1, -0.05) is 24.3 Å². The summed E-state index contributed by atoms with van der Waals surface area (Å²) in [5, 5.41) is 0. The van der Waals surface area contributed by atoms with E-state index in [1.807, 2.05) is 30.3 Å². The third kappa shape index (κ3) is 1.24. The Morgan fingerprint density at radius 3 is 2.85 bits per heavy atom. The lowest BCUT2D eigenvalue weighted by Gasteiger charge is -2.13. The Hall–Kier alpha value is -1.57. The molecule has 0 atom stereocenters. The number of carbonyl (C=O) groups is 1. The second-order valence-electron chi connectivity index (χ2n) is 2.96. The van der Waals surface area contributed by atoms with Crippen LogP contribution in [0.3, 0.4) is 0 Å². The van der Waals surface area contributed by atoms with E-state index >= 15 is 0 Å². The lowest BCUT2D eigenvalue weighted by Crippen LogP contribution is -2.12. The maximum absolute atomic E-state index is 11.7. The van der Waals surface area contributed by atoms with Crippen LogP contribution in [-0.4, -0.2) is 12.9 Å². The molecular weight excluding hydrogens is 164 g/mol. The van der Waals surface area contributed by atoms with Crippen molar-refractivity contribution in [2.45, 2.75) is 6.42 Å². The van der Waals surface area contributed by atoms with Gasteiger partial charge in [-0.25, -0.2) is 0 Å². The summed E-state index contributed by atoms with van der Waals surface area (Å²) in [6.45, 7) is 0. The van der Waals surface area contributed by atoms with Gasteiger partial charge in [0.05, 0.1) is 7.11 Å². The van der Waals surface area contributed by atoms with Crippen molar-refractivity contribution in [3.63, 3.8) is 0 Å². The largest absolute Gasteiger partial charge is 0.493 e. The summed E-state index contributed by atoms with van der Waals surface area (Å²) in [5.41, 5.74) is 1.84. The van der Waals surface area contributed by atoms with E-state index in [0.29, 0.717) is 5.76 Å². The molecule has 0 saturated carbocycles. The summed E-state index contributed by atoms with van der Waals surface area (Å²) in [6.07, 6.45) is 2.61. The van der Waals surface area contributed by atoms with Crippen LogP contribution in [0, 0.1) is 0 Å². The zero-order chi connectivity index (χ0) is 9.26. The number of rotatable bonds is 1. The van der Waals surface area contributed by atoms with Gasteiger partial charge in [0.1, 0.15) is 0 Å². The number of Topliss-reactive ketones (excluding diaryl/α,β-unsaturated/α-hetero) is 1. The van der Waals surface area contributed by atoms with Gasteiger partial charge in [-0.2, -0.15) is 0 Å². The third-order valence-electron chi connectivity index (χ3n) is 2.21. The standard InChI is InChI=1S/C11H10O2/c1-13-10-7-6-8-4-2-3-5-9(8)11(10)12/h2-5,7H,6H2,1H3. The second kappa shape index (κ2) is 3.05. The molecule has 0 bridgehead atoms. The first-order valence-corrected chi connectivity index (χ1v) is 4.19. The minimum absolute atomic E-state index is 0.00986. The summed E-state index contributed by atoms with van der Waals surface area (Å²) < 4.78 is 4.97. The summed E-state index contributed by atoms with van der Waals surface area (Å²) >= 11 is 0. The van der Waals surface area contributed by atoms with Gasteiger partial charge in [0.2, 0.25) is 5.78 Å². The lowest BCUT2D eigenvalue weighted by atomic mass is 9.95. The van der Waals surface area contributed by atoms with E-state index in [1.165, 1.54) is 7.11 Å². The number of hydrogen-bond acceptors (Lipinski definition) is 2. The number of methoxy groups -OCH3 is 1. The van der Waals surface area contributed by atoms with Crippen LogP contribution in [0.1, 0.15) is 15.9 Å². The number of allylic oxidation sites excluding steroid dienone is 2. The zero-order valence-corrected chi connectivity index (χ0v) is 7.41. The van der Waals surface area contributed by atoms with Gasteiger partial charge in [0.25, 0.3) is 0 Å². The van der Waals surface area contributed by atoms with Gasteiger partial charge in [0.15, 0.2) is 5.76 Å². The number of ether oxygens (including phenoxy) is 1. The first-order chi connectivity index (χ1) is 6.33. The van der Waals surface area contributed by atoms with E-state index in [0.717, 1.165) is 17.5 Å². The molecule has 66 valence electrons. The van der Waals surface area contributed by atoms with Gasteiger partial charge >= 0.3 is 0 Å². The Labute approximate surface area is 76.8 Å². The molecule has 0 aromatic heterocycles. The lowest BCUT2D eigenvalue weighted by molar-refractivity contribution is 0.0948. The number of hydrogen-bond donors (Lipinski definition) is 0. The molecule has 0 N–H and O–H groups in total. The number of benzene rings is 1. The highest BCUT2D eigenvalue weighted by atomic mass is 16.5. The molecular formula is C11H10O2. The van der Waals surface area contributed by atoms with Crippen molar-refractivity contribution in [3.8, 4) is 0 Å². The smallest absolute Gasteiger partial charge is 0.227 e. The Balaban J connectivity index is 2.47. The Bertz CT molecular complexity index is 377. The predicted octanol–water partition coefficient (Wildman–Crippen LogP) is 1.96. The summed E-state index contributed by atoms with van der Waals surface area (Å²) in [4.78, 5) is 11.7. The highest BCUT2D eigenvalue weighted by molar-refractivity contribution is 6.09. The summed E-state index contributed by atoms with van der Waals surface area (Å²) in [6, 6.07) is 7.62. The van der Waals surface area contributed by atoms with E-state index in [4.69, 9.17) is 4.74 Å². The van der Waals surface area contributed by atoms with E-state index in [9.17, 15) is 4.79 Å². The van der Waals surface area contributed by atoms with E-state index in [1.54, 1.807) is 0 Å². The first kappa shape index (κ1) is 8.05. The average Bonchev–Trinajstić information content (AvgIpc) is 2.19. The van der Waals surface area contributed by atoms with Crippen LogP contribution in [0.15, 0.2) is 36.1 Å². The predicted molar refractivity (Wildman–Crippen MR) is 49.6 cm³/mol. The van der Waals surface area contributed by atoms with Crippen molar-refractivity contribution in [2.75, 3.05) is 7.11 Å². The number of ketones is 1. The van der Waals surface area contributed by atoms with Crippen LogP contribution >= 0.6 is 0 Å². The normalized spacial score (nSPS) is 14.8. The zero-order valence-electron chi connectivity index (χ0n) is 7.41. The minimum atomic E-state index is -0.00986. The molecule has 0 saturated heterocycles. The number of fused-ring (bicyclic) bond motifs is 1. The van der Waals surface area contributed by atoms with Crippen molar-refractivity contribution in [3.05, 3.63) is 47.2 Å². The quantitative estimate of drug-likeness (QED) is 0.650. The minimum Gasteiger partial charge on any atom is -0.493 e. The first-order valence-electron chi connectivity index (χ1n) is 4.19. The van der Waals surface area contributed by atoms with Crippen molar-refractivity contribution < 1.29 is 9.53 Å². The molecule has 0 unspecified atom stereocenters. The van der Waals surface area contributed by atoms with Crippen LogP contribution in [0.5, 0.6) is 0 Å². The number of carbonyl (C=O) groups excluding carboxylic acids is 1. The van der Waals surface area contributed by atoms with Crippen LogP contribution in [0.25, 0.3) is 0 Å². The molecule has 1 aromatic rings. The molecule has 0 aliphatic heterocycles. The molecule has 13 heavy (non-hydrogen) atoms. The van der Waals surface area contributed by atoms with Gasteiger partial charge in [0, 0.05) is 5.56 Å². The monoisotopic (exact) mass is 174 g/mol. The van der Waals surface area contributed by atoms with Crippen molar-refractivity contribution in [2.24, 2.45) is 0 Å². The van der Waals surface area contributed by atoms with Gasteiger partial charge < -0.3 is 4.74 Å². The Kier molecular flexibility index (Phi) is 1.89. The van der Waals surface area contributed by atoms with E-state index in [-0.39, 0.29) is 5.78 Å². The fraction of sp³-hybridized carbons (Fsp3) is 0.182. The molecule has 1 aliphatic rings. The van der Waals surface area contributed by atoms with Gasteiger partial charge in [-0.3, -0.25) is 4.79 Å². The third-order valence-corrected chi connectivity index (χ3v) is 2.21. The van der Waals surface area contributed by atoms with Crippen LogP contribution in [0.2, 0.25) is 0 Å². The highest BCUT2D eigenvalue weighted by Gasteiger charge is 2.19. The summed E-state index contributed by atoms with van der Waals surface area (Å²) in [5.74, 6) is 0.447. The van der Waals surface area contributed by atoms with Gasteiger partial charge in [-0.05, 0) is 18.1 Å². The molecule has 0 fully saturated rings. The fourth-order valence-corrected chi connectivity index (χ4v) is 1.52. The fourth-order valence-electron chi connectivity index (χ4n) is 1.52. The van der Waals surface area contributed by atoms with E-state index in [2.05, 4.69) is 0 Å². The van der Waals surface area contributed by atoms with Crippen molar-refractivity contribution in [1.82, 2.24) is 0 Å². The molecule has 1 aromatic carbocycles. The van der Waals surface area contributed by atoms with Crippen LogP contribution in [0.4, 0.5) is 0 Å². The maximum Gasteiger partial charge on any atom is 0.227 e. The highest BCUT2D eigenvalue weighted by Crippen LogP contribution is 2.20. The van der Waals surface area contributed by atoms with Crippen LogP contribution < -0.4 is 0 Å². The Morgan fingerprint density at radius 1 is 1.31 bits per heavy atom. The Morgan fingerprint density at radius 2 is 2.08 bits per heavy atom. The van der Waals surface area contributed by atoms with Crippen molar-refractivity contribution in [1.29, 1.82) is 0 Å². The molecule has 2 heteroatoms. The molecule has 2 rings (SSSR count). The van der Waals surface area contributed by atoms with E-state index < -0.39 is 0 Å². The molecule has 0 radical (unpaired) electrons. The topological polar surface area (TPSA) is 26.3 Å². The second-order valence-corrected chi connectivity index (χ2v) is 2.96. The summed E-state index contributed by atoms with van der Waals surface area (Å²) in [7, 11) is 1.53. The molecule has 0 amide bonds. The average molecular weight is 174 g/mol. The van der Waals surface area contributed by atoms with Crippen LogP contribution in [-0.2, 0) is 11.2 Å². The molecule has 2 nitrogen and oxygen atoms in total. The maximum atomic E-state index is 11.7. The SMILES string of the molecule is COC1=CCc2ccccc2C1=O. The molecule has 0 heterocycles. The molecule has 1 aliphatic carbocycles. The van der Waals surface area contributed by atoms with Crippen molar-refractivity contribution >= 4 is 5.78 Å². The van der Waals surface area contributed by atoms with Gasteiger partial charge in [-0.15, -0.1) is 0 Å².